The number of fused-ring (bicyclic) bond motifs is 6. The van der Waals surface area contributed by atoms with Crippen molar-refractivity contribution in [3.63, 3.8) is 0 Å². The Kier molecular flexibility index (Phi) is 4.07. The molecule has 0 saturated carbocycles. The fourth-order valence-corrected chi connectivity index (χ4v) is 4.93. The lowest BCUT2D eigenvalue weighted by Gasteiger charge is -2.19. The van der Waals surface area contributed by atoms with Crippen molar-refractivity contribution in [3.8, 4) is 11.4 Å². The van der Waals surface area contributed by atoms with Crippen LogP contribution in [0.5, 0.6) is 0 Å². The summed E-state index contributed by atoms with van der Waals surface area (Å²) in [6.07, 6.45) is 2.98. The highest BCUT2D eigenvalue weighted by Crippen LogP contribution is 2.46. The van der Waals surface area contributed by atoms with Crippen LogP contribution in [0.25, 0.3) is 22.3 Å². The van der Waals surface area contributed by atoms with Gasteiger partial charge in [-0.25, -0.2) is 0 Å². The molecule has 1 aliphatic carbocycles. The molecule has 156 valence electrons. The molecule has 0 spiro atoms. The minimum atomic E-state index is -0.702. The van der Waals surface area contributed by atoms with Gasteiger partial charge < -0.3 is 14.6 Å². The number of H-pyrrole nitrogens is 2. The number of rotatable bonds is 3. The SMILES string of the molecule is CCOC(=O)CN1C(=O)C(C)(C)c2cc3[nH]c4c(c3cc21)CCCc1c-4n[nH]c1C. The standard InChI is InChI=1S/C23H26N4O3/c1-5-30-19(28)11-27-18-9-15-14-8-6-7-13-12(2)25-26-21(13)20(14)24-17(15)10-16(18)23(3,4)22(27)29/h9-10,24H,5-8,11H2,1-4H3,(H,25,26). The molecule has 0 radical (unpaired) electrons. The zero-order valence-electron chi connectivity index (χ0n) is 17.8. The van der Waals surface area contributed by atoms with E-state index in [-0.39, 0.29) is 18.4 Å². The fraction of sp³-hybridized carbons (Fsp3) is 0.435. The van der Waals surface area contributed by atoms with Gasteiger partial charge in [0.25, 0.3) is 0 Å². The van der Waals surface area contributed by atoms with E-state index in [9.17, 15) is 9.59 Å². The number of hydrogen-bond acceptors (Lipinski definition) is 4. The Morgan fingerprint density at radius 2 is 2.03 bits per heavy atom. The van der Waals surface area contributed by atoms with Crippen molar-refractivity contribution in [2.24, 2.45) is 0 Å². The van der Waals surface area contributed by atoms with Crippen LogP contribution in [-0.4, -0.2) is 40.2 Å². The predicted molar refractivity (Wildman–Crippen MR) is 115 cm³/mol. The van der Waals surface area contributed by atoms with Crippen molar-refractivity contribution in [2.45, 2.75) is 52.4 Å². The van der Waals surface area contributed by atoms with Crippen molar-refractivity contribution in [2.75, 3.05) is 18.1 Å². The van der Waals surface area contributed by atoms with E-state index in [1.807, 2.05) is 13.8 Å². The number of nitrogens with one attached hydrogen (secondary N) is 2. The zero-order chi connectivity index (χ0) is 21.2. The molecular weight excluding hydrogens is 380 g/mol. The first-order chi connectivity index (χ1) is 14.3. The molecule has 1 aliphatic heterocycles. The van der Waals surface area contributed by atoms with E-state index in [2.05, 4.69) is 34.2 Å². The molecule has 2 aliphatic rings. The minimum absolute atomic E-state index is 0.0655. The van der Waals surface area contributed by atoms with Gasteiger partial charge in [-0.3, -0.25) is 14.7 Å². The highest BCUT2D eigenvalue weighted by Gasteiger charge is 2.45. The third kappa shape index (κ3) is 2.54. The second-order valence-corrected chi connectivity index (χ2v) is 8.74. The third-order valence-corrected chi connectivity index (χ3v) is 6.52. The average molecular weight is 406 g/mol. The number of amides is 1. The predicted octanol–water partition coefficient (Wildman–Crippen LogP) is 3.54. The van der Waals surface area contributed by atoms with Gasteiger partial charge in [0.05, 0.1) is 17.7 Å². The van der Waals surface area contributed by atoms with E-state index < -0.39 is 5.41 Å². The summed E-state index contributed by atoms with van der Waals surface area (Å²) in [6, 6.07) is 4.14. The number of benzene rings is 1. The van der Waals surface area contributed by atoms with Gasteiger partial charge in [-0.1, -0.05) is 0 Å². The van der Waals surface area contributed by atoms with Crippen molar-refractivity contribution in [1.82, 2.24) is 15.2 Å². The highest BCUT2D eigenvalue weighted by molar-refractivity contribution is 6.12. The molecule has 7 nitrogen and oxygen atoms in total. The van der Waals surface area contributed by atoms with E-state index >= 15 is 0 Å². The van der Waals surface area contributed by atoms with E-state index in [0.717, 1.165) is 58.5 Å². The van der Waals surface area contributed by atoms with Gasteiger partial charge in [-0.2, -0.15) is 5.10 Å². The number of ether oxygens (including phenoxy) is 1. The lowest BCUT2D eigenvalue weighted by molar-refractivity contribution is -0.142. The van der Waals surface area contributed by atoms with Gasteiger partial charge in [0.2, 0.25) is 5.91 Å². The topological polar surface area (TPSA) is 91.1 Å². The number of aromatic nitrogens is 3. The van der Waals surface area contributed by atoms with Crippen LogP contribution < -0.4 is 4.90 Å². The molecule has 7 heteroatoms. The number of hydrogen-bond donors (Lipinski definition) is 2. The van der Waals surface area contributed by atoms with Crippen molar-refractivity contribution < 1.29 is 14.3 Å². The van der Waals surface area contributed by atoms with Crippen LogP contribution in [0.1, 0.15) is 49.6 Å². The summed E-state index contributed by atoms with van der Waals surface area (Å²) in [5, 5.41) is 8.78. The number of aryl methyl sites for hydroxylation is 2. The molecule has 2 aromatic heterocycles. The summed E-state index contributed by atoms with van der Waals surface area (Å²) in [7, 11) is 0. The lowest BCUT2D eigenvalue weighted by Crippen LogP contribution is -2.39. The number of nitrogens with zero attached hydrogens (tertiary/aromatic N) is 2. The third-order valence-electron chi connectivity index (χ3n) is 6.52. The highest BCUT2D eigenvalue weighted by atomic mass is 16.5. The summed E-state index contributed by atoms with van der Waals surface area (Å²) < 4.78 is 5.11. The van der Waals surface area contributed by atoms with Crippen molar-refractivity contribution in [1.29, 1.82) is 0 Å². The Bertz CT molecular complexity index is 1200. The van der Waals surface area contributed by atoms with Crippen LogP contribution >= 0.6 is 0 Å². The van der Waals surface area contributed by atoms with Gasteiger partial charge >= 0.3 is 5.97 Å². The van der Waals surface area contributed by atoms with Gasteiger partial charge in [-0.05, 0) is 70.2 Å². The molecule has 5 rings (SSSR count). The molecule has 0 bridgehead atoms. The Morgan fingerprint density at radius 3 is 2.80 bits per heavy atom. The Labute approximate surface area is 174 Å². The van der Waals surface area contributed by atoms with Gasteiger partial charge in [0, 0.05) is 27.8 Å². The summed E-state index contributed by atoms with van der Waals surface area (Å²) >= 11 is 0. The van der Waals surface area contributed by atoms with E-state index in [1.165, 1.54) is 11.1 Å². The molecule has 0 atom stereocenters. The van der Waals surface area contributed by atoms with Crippen LogP contribution in [0.15, 0.2) is 12.1 Å². The van der Waals surface area contributed by atoms with Crippen molar-refractivity contribution in [3.05, 3.63) is 34.5 Å². The molecule has 3 aromatic rings. The van der Waals surface area contributed by atoms with E-state index in [1.54, 1.807) is 11.8 Å². The van der Waals surface area contributed by atoms with Gasteiger partial charge in [0.15, 0.2) is 0 Å². The second-order valence-electron chi connectivity index (χ2n) is 8.74. The Hall–Kier alpha value is -3.09. The molecule has 0 saturated heterocycles. The molecule has 1 aromatic carbocycles. The van der Waals surface area contributed by atoms with Crippen molar-refractivity contribution >= 4 is 28.5 Å². The molecule has 0 unspecified atom stereocenters. The molecule has 1 amide bonds. The fourth-order valence-electron chi connectivity index (χ4n) is 4.93. The monoisotopic (exact) mass is 406 g/mol. The smallest absolute Gasteiger partial charge is 0.326 e. The van der Waals surface area contributed by atoms with E-state index in [4.69, 9.17) is 4.74 Å². The Morgan fingerprint density at radius 1 is 1.27 bits per heavy atom. The minimum Gasteiger partial charge on any atom is -0.465 e. The summed E-state index contributed by atoms with van der Waals surface area (Å²) in [6.45, 7) is 7.89. The van der Waals surface area contributed by atoms with Crippen LogP contribution in [0, 0.1) is 6.92 Å². The van der Waals surface area contributed by atoms with Gasteiger partial charge in [0.1, 0.15) is 12.2 Å². The number of aromatic amines is 2. The quantitative estimate of drug-likeness (QED) is 0.651. The molecule has 3 heterocycles. The number of carbonyl (C=O) groups excluding carboxylic acids is 2. The van der Waals surface area contributed by atoms with Crippen LogP contribution in [0.4, 0.5) is 5.69 Å². The largest absolute Gasteiger partial charge is 0.465 e. The number of esters is 1. The summed E-state index contributed by atoms with van der Waals surface area (Å²) in [5.74, 6) is -0.464. The lowest BCUT2D eigenvalue weighted by atomic mass is 9.85. The number of anilines is 1. The van der Waals surface area contributed by atoms with Crippen LogP contribution in [0.3, 0.4) is 0 Å². The molecule has 0 fully saturated rings. The van der Waals surface area contributed by atoms with Gasteiger partial charge in [-0.15, -0.1) is 0 Å². The molecular formula is C23H26N4O3. The maximum Gasteiger partial charge on any atom is 0.326 e. The first-order valence-electron chi connectivity index (χ1n) is 10.5. The first kappa shape index (κ1) is 18.9. The second kappa shape index (κ2) is 6.45. The Balaban J connectivity index is 1.69. The zero-order valence-corrected chi connectivity index (χ0v) is 17.8. The van der Waals surface area contributed by atoms with Crippen LogP contribution in [-0.2, 0) is 32.6 Å². The maximum absolute atomic E-state index is 13.1. The summed E-state index contributed by atoms with van der Waals surface area (Å²) in [5.41, 5.74) is 7.71. The first-order valence-corrected chi connectivity index (χ1v) is 10.5. The molecule has 30 heavy (non-hydrogen) atoms. The summed E-state index contributed by atoms with van der Waals surface area (Å²) in [4.78, 5) is 30.4. The maximum atomic E-state index is 13.1. The normalized spacial score (nSPS) is 16.9. The van der Waals surface area contributed by atoms with E-state index in [0.29, 0.717) is 6.61 Å². The number of carbonyl (C=O) groups is 2. The average Bonchev–Trinajstić information content (AvgIpc) is 3.24. The molecule has 2 N–H and O–H groups in total. The van der Waals surface area contributed by atoms with Crippen LogP contribution in [0.2, 0.25) is 0 Å².